The van der Waals surface area contributed by atoms with Gasteiger partial charge >= 0.3 is 0 Å². The maximum Gasteiger partial charge on any atom is 0.138 e. The summed E-state index contributed by atoms with van der Waals surface area (Å²) in [6.45, 7) is 8.59. The molecular formula is C27H25N5. The molecule has 2 aromatic heterocycles. The van der Waals surface area contributed by atoms with Crippen molar-refractivity contribution in [1.82, 2.24) is 19.9 Å². The molecule has 0 spiro atoms. The second kappa shape index (κ2) is 8.73. The van der Waals surface area contributed by atoms with Crippen molar-refractivity contribution in [3.05, 3.63) is 106 Å². The Morgan fingerprint density at radius 3 is 2.75 bits per heavy atom. The molecule has 4 aromatic rings. The molecule has 158 valence electrons. The Kier molecular flexibility index (Phi) is 5.48. The van der Waals surface area contributed by atoms with Gasteiger partial charge in [0.15, 0.2) is 0 Å². The van der Waals surface area contributed by atoms with E-state index in [9.17, 15) is 0 Å². The van der Waals surface area contributed by atoms with Gasteiger partial charge in [0.05, 0.1) is 11.2 Å². The Hall–Kier alpha value is -3.83. The number of para-hydroxylation sites is 1. The first-order valence-electron chi connectivity index (χ1n) is 10.8. The molecule has 0 saturated heterocycles. The lowest BCUT2D eigenvalue weighted by Gasteiger charge is -2.16. The smallest absolute Gasteiger partial charge is 0.138 e. The highest BCUT2D eigenvalue weighted by atomic mass is 15.2. The average Bonchev–Trinajstić information content (AvgIpc) is 3.24. The summed E-state index contributed by atoms with van der Waals surface area (Å²) < 4.78 is 0. The van der Waals surface area contributed by atoms with Crippen LogP contribution < -0.4 is 15.8 Å². The minimum Gasteiger partial charge on any atom is -0.340 e. The molecule has 0 fully saturated rings. The maximum absolute atomic E-state index is 4.56. The maximum atomic E-state index is 4.56. The Balaban J connectivity index is 1.39. The summed E-state index contributed by atoms with van der Waals surface area (Å²) in [5.74, 6) is 0.864. The summed E-state index contributed by atoms with van der Waals surface area (Å²) in [6.07, 6.45) is 7.70. The molecule has 0 saturated carbocycles. The lowest BCUT2D eigenvalue weighted by Crippen LogP contribution is -2.23. The van der Waals surface area contributed by atoms with Gasteiger partial charge in [0.2, 0.25) is 0 Å². The molecule has 0 unspecified atom stereocenters. The van der Waals surface area contributed by atoms with Crippen LogP contribution in [-0.2, 0) is 19.6 Å². The van der Waals surface area contributed by atoms with E-state index in [1.54, 1.807) is 6.33 Å². The van der Waals surface area contributed by atoms with E-state index in [1.807, 2.05) is 37.4 Å². The van der Waals surface area contributed by atoms with Crippen LogP contribution in [0, 0.1) is 0 Å². The molecule has 5 heteroatoms. The molecule has 1 N–H and O–H groups in total. The predicted octanol–water partition coefficient (Wildman–Crippen LogP) is 3.75. The summed E-state index contributed by atoms with van der Waals surface area (Å²) in [7, 11) is 0. The number of hydrogen-bond acceptors (Lipinski definition) is 5. The van der Waals surface area contributed by atoms with Crippen molar-refractivity contribution >= 4 is 29.4 Å². The first-order chi connectivity index (χ1) is 15.7. The van der Waals surface area contributed by atoms with Crippen molar-refractivity contribution in [2.24, 2.45) is 0 Å². The summed E-state index contributed by atoms with van der Waals surface area (Å²) in [5, 5.41) is 6.80. The fourth-order valence-electron chi connectivity index (χ4n) is 4.17. The third kappa shape index (κ3) is 4.03. The summed E-state index contributed by atoms with van der Waals surface area (Å²) in [5.41, 5.74) is 5.53. The van der Waals surface area contributed by atoms with Crippen LogP contribution in [0.2, 0.25) is 0 Å². The normalized spacial score (nSPS) is 14.7. The highest BCUT2D eigenvalue weighted by Gasteiger charge is 2.24. The molecule has 0 amide bonds. The highest BCUT2D eigenvalue weighted by molar-refractivity contribution is 5.81. The van der Waals surface area contributed by atoms with Gasteiger partial charge in [-0.1, -0.05) is 55.1 Å². The zero-order valence-corrected chi connectivity index (χ0v) is 18.1. The van der Waals surface area contributed by atoms with Gasteiger partial charge in [0, 0.05) is 42.5 Å². The number of benzene rings is 2. The molecule has 1 aliphatic rings. The zero-order valence-electron chi connectivity index (χ0n) is 18.1. The fraction of sp³-hybridized carbons (Fsp3) is 0.148. The molecule has 2 aromatic carbocycles. The first-order valence-corrected chi connectivity index (χ1v) is 10.8. The van der Waals surface area contributed by atoms with E-state index in [1.165, 1.54) is 10.9 Å². The Morgan fingerprint density at radius 1 is 1.03 bits per heavy atom. The number of anilines is 1. The molecule has 0 bridgehead atoms. The van der Waals surface area contributed by atoms with Crippen molar-refractivity contribution in [1.29, 1.82) is 0 Å². The van der Waals surface area contributed by atoms with Gasteiger partial charge in [0.1, 0.15) is 12.1 Å². The lowest BCUT2D eigenvalue weighted by atomic mass is 10.1. The van der Waals surface area contributed by atoms with Crippen LogP contribution in [0.15, 0.2) is 78.9 Å². The quantitative estimate of drug-likeness (QED) is 0.534. The number of aromatic nitrogens is 3. The van der Waals surface area contributed by atoms with E-state index >= 15 is 0 Å². The van der Waals surface area contributed by atoms with Crippen LogP contribution in [0.25, 0.3) is 23.6 Å². The molecule has 0 aliphatic carbocycles. The summed E-state index contributed by atoms with van der Waals surface area (Å²) in [6, 6.07) is 18.5. The van der Waals surface area contributed by atoms with Crippen LogP contribution in [-0.4, -0.2) is 19.9 Å². The molecule has 3 heterocycles. The summed E-state index contributed by atoms with van der Waals surface area (Å²) in [4.78, 5) is 16.0. The minimum absolute atomic E-state index is 0.804. The van der Waals surface area contributed by atoms with Gasteiger partial charge < -0.3 is 5.32 Å². The fourth-order valence-corrected chi connectivity index (χ4v) is 4.17. The van der Waals surface area contributed by atoms with Crippen molar-refractivity contribution in [3.63, 3.8) is 0 Å². The SMILES string of the molecule is C=c1cccc/c1=C/C(=C\C)Nc1ncnc2c1CN(Cc1ccnc3ccccc13)C2. The van der Waals surface area contributed by atoms with Crippen molar-refractivity contribution < 1.29 is 0 Å². The Morgan fingerprint density at radius 2 is 1.88 bits per heavy atom. The van der Waals surface area contributed by atoms with Crippen molar-refractivity contribution in [2.45, 2.75) is 26.6 Å². The van der Waals surface area contributed by atoms with Crippen molar-refractivity contribution in [3.8, 4) is 0 Å². The van der Waals surface area contributed by atoms with E-state index in [2.05, 4.69) is 74.2 Å². The van der Waals surface area contributed by atoms with E-state index in [4.69, 9.17) is 0 Å². The molecule has 5 rings (SSSR count). The van der Waals surface area contributed by atoms with Gasteiger partial charge in [-0.2, -0.15) is 0 Å². The molecular weight excluding hydrogens is 394 g/mol. The van der Waals surface area contributed by atoms with Gasteiger partial charge in [-0.3, -0.25) is 9.88 Å². The van der Waals surface area contributed by atoms with E-state index in [0.29, 0.717) is 0 Å². The number of nitrogens with one attached hydrogen (secondary N) is 1. The minimum atomic E-state index is 0.804. The second-order valence-electron chi connectivity index (χ2n) is 7.99. The van der Waals surface area contributed by atoms with Crippen LogP contribution in [0.5, 0.6) is 0 Å². The average molecular weight is 420 g/mol. The Bertz CT molecular complexity index is 1420. The lowest BCUT2D eigenvalue weighted by molar-refractivity contribution is 0.275. The van der Waals surface area contributed by atoms with E-state index in [-0.39, 0.29) is 0 Å². The van der Waals surface area contributed by atoms with Gasteiger partial charge in [0.25, 0.3) is 0 Å². The third-order valence-corrected chi connectivity index (χ3v) is 5.86. The highest BCUT2D eigenvalue weighted by Crippen LogP contribution is 2.29. The number of nitrogens with zero attached hydrogens (tertiary/aromatic N) is 4. The van der Waals surface area contributed by atoms with Crippen LogP contribution in [0.3, 0.4) is 0 Å². The third-order valence-electron chi connectivity index (χ3n) is 5.86. The zero-order chi connectivity index (χ0) is 21.9. The number of fused-ring (bicyclic) bond motifs is 2. The monoisotopic (exact) mass is 419 g/mol. The molecule has 32 heavy (non-hydrogen) atoms. The van der Waals surface area contributed by atoms with Gasteiger partial charge in [-0.15, -0.1) is 0 Å². The van der Waals surface area contributed by atoms with E-state index in [0.717, 1.165) is 58.4 Å². The van der Waals surface area contributed by atoms with E-state index < -0.39 is 0 Å². The standard InChI is InChI=1S/C27H25N5/c1-3-22(14-20-9-5-4-8-19(20)2)31-27-24-16-32(17-26(24)29-18-30-27)15-21-12-13-28-25-11-7-6-10-23(21)25/h3-14,18H,2,15-17H2,1H3,(H,29,30,31)/b20-14-,22-3+. The molecule has 0 radical (unpaired) electrons. The molecule has 1 aliphatic heterocycles. The molecule has 5 nitrogen and oxygen atoms in total. The second-order valence-corrected chi connectivity index (χ2v) is 7.99. The Labute approximate surface area is 187 Å². The van der Waals surface area contributed by atoms with Crippen LogP contribution in [0.4, 0.5) is 5.82 Å². The van der Waals surface area contributed by atoms with Gasteiger partial charge in [-0.25, -0.2) is 9.97 Å². The number of rotatable bonds is 5. The number of pyridine rings is 1. The molecule has 0 atom stereocenters. The number of hydrogen-bond donors (Lipinski definition) is 1. The number of allylic oxidation sites excluding steroid dienone is 2. The van der Waals surface area contributed by atoms with Crippen LogP contribution in [0.1, 0.15) is 23.7 Å². The first kappa shape index (κ1) is 20.1. The van der Waals surface area contributed by atoms with Crippen LogP contribution >= 0.6 is 0 Å². The van der Waals surface area contributed by atoms with Gasteiger partial charge in [-0.05, 0) is 41.1 Å². The topological polar surface area (TPSA) is 53.9 Å². The largest absolute Gasteiger partial charge is 0.340 e. The summed E-state index contributed by atoms with van der Waals surface area (Å²) >= 11 is 0. The van der Waals surface area contributed by atoms with Crippen molar-refractivity contribution in [2.75, 3.05) is 5.32 Å². The predicted molar refractivity (Wildman–Crippen MR) is 130 cm³/mol.